The molecular weight excluding hydrogens is 300 g/mol. The van der Waals surface area contributed by atoms with Crippen LogP contribution in [-0.4, -0.2) is 43.9 Å². The molecular formula is C15H26N4O2S. The van der Waals surface area contributed by atoms with Crippen LogP contribution in [0.15, 0.2) is 9.95 Å². The summed E-state index contributed by atoms with van der Waals surface area (Å²) in [5, 5.41) is 6.89. The van der Waals surface area contributed by atoms with Crippen LogP contribution in [0.25, 0.3) is 0 Å². The van der Waals surface area contributed by atoms with Gasteiger partial charge in [-0.15, -0.1) is 5.10 Å². The van der Waals surface area contributed by atoms with E-state index in [-0.39, 0.29) is 16.8 Å². The van der Waals surface area contributed by atoms with E-state index in [9.17, 15) is 9.59 Å². The number of carbonyl (C=O) groups is 1. The van der Waals surface area contributed by atoms with E-state index in [4.69, 9.17) is 0 Å². The third kappa shape index (κ3) is 3.94. The van der Waals surface area contributed by atoms with Crippen molar-refractivity contribution in [3.8, 4) is 0 Å². The minimum atomic E-state index is -0.233. The van der Waals surface area contributed by atoms with Gasteiger partial charge in [-0.25, -0.2) is 9.89 Å². The normalized spacial score (nSPS) is 23.5. The van der Waals surface area contributed by atoms with Gasteiger partial charge >= 0.3 is 5.69 Å². The predicted molar refractivity (Wildman–Crippen MR) is 88.0 cm³/mol. The van der Waals surface area contributed by atoms with Gasteiger partial charge in [0.2, 0.25) is 5.91 Å². The molecule has 1 aromatic heterocycles. The van der Waals surface area contributed by atoms with Gasteiger partial charge in [-0.2, -0.15) is 0 Å². The maximum atomic E-state index is 12.6. The molecule has 3 atom stereocenters. The molecule has 0 saturated carbocycles. The smallest absolute Gasteiger partial charge is 0.341 e. The number of rotatable bonds is 5. The van der Waals surface area contributed by atoms with Crippen LogP contribution in [0, 0.1) is 11.8 Å². The predicted octanol–water partition coefficient (Wildman–Crippen LogP) is 1.97. The number of hydrogen-bond acceptors (Lipinski definition) is 4. The Morgan fingerprint density at radius 3 is 2.64 bits per heavy atom. The fraction of sp³-hybridized carbons (Fsp3) is 0.800. The molecule has 1 fully saturated rings. The molecule has 0 spiro atoms. The largest absolute Gasteiger partial charge is 0.343 e. The van der Waals surface area contributed by atoms with Crippen LogP contribution >= 0.6 is 11.8 Å². The van der Waals surface area contributed by atoms with Gasteiger partial charge in [0.25, 0.3) is 0 Å². The molecule has 1 aliphatic heterocycles. The standard InChI is InChI=1S/C15H26N4O2S/c1-5-6-19-14(21)16-17-15(19)22-12(4)13(20)18-8-10(2)7-11(3)9-18/h10-12H,5-9H2,1-4H3,(H,16,21)/t10-,11-,12+/m0/s1. The molecule has 124 valence electrons. The van der Waals surface area contributed by atoms with E-state index >= 15 is 0 Å². The first kappa shape index (κ1) is 17.1. The van der Waals surface area contributed by atoms with Crippen molar-refractivity contribution >= 4 is 17.7 Å². The van der Waals surface area contributed by atoms with Crippen LogP contribution in [0.3, 0.4) is 0 Å². The molecule has 1 N–H and O–H groups in total. The second-order valence-corrected chi connectivity index (χ2v) is 7.72. The number of aromatic amines is 1. The molecule has 7 heteroatoms. The Balaban J connectivity index is 2.04. The number of thioether (sulfide) groups is 1. The monoisotopic (exact) mass is 326 g/mol. The molecule has 22 heavy (non-hydrogen) atoms. The minimum absolute atomic E-state index is 0.141. The minimum Gasteiger partial charge on any atom is -0.341 e. The summed E-state index contributed by atoms with van der Waals surface area (Å²) in [6.07, 6.45) is 2.04. The van der Waals surface area contributed by atoms with Gasteiger partial charge < -0.3 is 4.90 Å². The first-order valence-corrected chi connectivity index (χ1v) is 8.91. The molecule has 1 aromatic rings. The zero-order chi connectivity index (χ0) is 16.3. The van der Waals surface area contributed by atoms with Crippen molar-refractivity contribution in [2.45, 2.75) is 57.5 Å². The lowest BCUT2D eigenvalue weighted by Gasteiger charge is -2.36. The van der Waals surface area contributed by atoms with Crippen molar-refractivity contribution in [3.05, 3.63) is 10.5 Å². The van der Waals surface area contributed by atoms with E-state index in [0.717, 1.165) is 19.5 Å². The third-order valence-electron chi connectivity index (χ3n) is 3.98. The molecule has 0 radical (unpaired) electrons. The molecule has 1 amide bonds. The molecule has 2 rings (SSSR count). The van der Waals surface area contributed by atoms with E-state index in [0.29, 0.717) is 23.5 Å². The van der Waals surface area contributed by atoms with Crippen molar-refractivity contribution in [2.75, 3.05) is 13.1 Å². The number of nitrogens with one attached hydrogen (secondary N) is 1. The Bertz CT molecular complexity index is 558. The van der Waals surface area contributed by atoms with Crippen LogP contribution in [-0.2, 0) is 11.3 Å². The maximum absolute atomic E-state index is 12.6. The van der Waals surface area contributed by atoms with E-state index < -0.39 is 0 Å². The van der Waals surface area contributed by atoms with Gasteiger partial charge in [0, 0.05) is 19.6 Å². The van der Waals surface area contributed by atoms with Gasteiger partial charge in [0.1, 0.15) is 0 Å². The lowest BCUT2D eigenvalue weighted by Crippen LogP contribution is -2.45. The summed E-state index contributed by atoms with van der Waals surface area (Å²) in [4.78, 5) is 26.3. The van der Waals surface area contributed by atoms with E-state index in [1.807, 2.05) is 18.7 Å². The van der Waals surface area contributed by atoms with Crippen LogP contribution in [0.5, 0.6) is 0 Å². The number of H-pyrrole nitrogens is 1. The van der Waals surface area contributed by atoms with E-state index in [2.05, 4.69) is 24.0 Å². The number of nitrogens with zero attached hydrogens (tertiary/aromatic N) is 3. The van der Waals surface area contributed by atoms with Gasteiger partial charge in [-0.3, -0.25) is 9.36 Å². The number of aromatic nitrogens is 3. The highest BCUT2D eigenvalue weighted by Gasteiger charge is 2.29. The lowest BCUT2D eigenvalue weighted by molar-refractivity contribution is -0.132. The fourth-order valence-corrected chi connectivity index (χ4v) is 4.09. The number of hydrogen-bond donors (Lipinski definition) is 1. The fourth-order valence-electron chi connectivity index (χ4n) is 3.12. The number of likely N-dealkylation sites (tertiary alicyclic amines) is 1. The van der Waals surface area contributed by atoms with Crippen LogP contribution in [0.1, 0.15) is 40.5 Å². The van der Waals surface area contributed by atoms with Crippen molar-refractivity contribution in [1.29, 1.82) is 0 Å². The Hall–Kier alpha value is -1.24. The second kappa shape index (κ2) is 7.35. The number of piperidine rings is 1. The van der Waals surface area contributed by atoms with Crippen LogP contribution in [0.4, 0.5) is 0 Å². The quantitative estimate of drug-likeness (QED) is 0.840. The van der Waals surface area contributed by atoms with Gasteiger partial charge in [0.15, 0.2) is 5.16 Å². The van der Waals surface area contributed by atoms with E-state index in [1.54, 1.807) is 4.57 Å². The molecule has 1 saturated heterocycles. The summed E-state index contributed by atoms with van der Waals surface area (Å²) in [5.74, 6) is 1.24. The van der Waals surface area contributed by atoms with Crippen LogP contribution in [0.2, 0.25) is 0 Å². The van der Waals surface area contributed by atoms with Crippen molar-refractivity contribution in [1.82, 2.24) is 19.7 Å². The van der Waals surface area contributed by atoms with Crippen molar-refractivity contribution < 1.29 is 4.79 Å². The lowest BCUT2D eigenvalue weighted by atomic mass is 9.92. The average Bonchev–Trinajstić information content (AvgIpc) is 2.79. The summed E-state index contributed by atoms with van der Waals surface area (Å²) < 4.78 is 1.61. The van der Waals surface area contributed by atoms with Gasteiger partial charge in [-0.1, -0.05) is 32.5 Å². The molecule has 2 heterocycles. The summed E-state index contributed by atoms with van der Waals surface area (Å²) in [7, 11) is 0. The summed E-state index contributed by atoms with van der Waals surface area (Å²) >= 11 is 1.36. The Morgan fingerprint density at radius 1 is 1.41 bits per heavy atom. The molecule has 1 aliphatic rings. The number of carbonyl (C=O) groups excluding carboxylic acids is 1. The van der Waals surface area contributed by atoms with Crippen molar-refractivity contribution in [2.24, 2.45) is 11.8 Å². The zero-order valence-corrected chi connectivity index (χ0v) is 14.7. The van der Waals surface area contributed by atoms with Gasteiger partial charge in [0.05, 0.1) is 5.25 Å². The topological polar surface area (TPSA) is 71.0 Å². The Kier molecular flexibility index (Phi) is 5.72. The first-order chi connectivity index (χ1) is 10.4. The highest BCUT2D eigenvalue weighted by atomic mass is 32.2. The maximum Gasteiger partial charge on any atom is 0.343 e. The highest BCUT2D eigenvalue weighted by molar-refractivity contribution is 8.00. The van der Waals surface area contributed by atoms with Gasteiger partial charge in [-0.05, 0) is 31.6 Å². The molecule has 0 unspecified atom stereocenters. The second-order valence-electron chi connectivity index (χ2n) is 6.41. The zero-order valence-electron chi connectivity index (χ0n) is 13.8. The Labute approximate surface area is 135 Å². The number of amides is 1. The molecule has 0 bridgehead atoms. The summed E-state index contributed by atoms with van der Waals surface area (Å²) in [6, 6.07) is 0. The summed E-state index contributed by atoms with van der Waals surface area (Å²) in [5.41, 5.74) is -0.204. The Morgan fingerprint density at radius 2 is 2.05 bits per heavy atom. The molecule has 0 aliphatic carbocycles. The van der Waals surface area contributed by atoms with Crippen molar-refractivity contribution in [3.63, 3.8) is 0 Å². The average molecular weight is 326 g/mol. The summed E-state index contributed by atoms with van der Waals surface area (Å²) in [6.45, 7) is 10.6. The molecule has 0 aromatic carbocycles. The SMILES string of the molecule is CCCn1c(S[C@H](C)C(=O)N2C[C@@H](C)C[C@H](C)C2)n[nH]c1=O. The van der Waals surface area contributed by atoms with E-state index in [1.165, 1.54) is 18.2 Å². The third-order valence-corrected chi connectivity index (χ3v) is 5.06. The van der Waals surface area contributed by atoms with Crippen LogP contribution < -0.4 is 5.69 Å². The molecule has 6 nitrogen and oxygen atoms in total. The highest BCUT2D eigenvalue weighted by Crippen LogP contribution is 2.26. The first-order valence-electron chi connectivity index (χ1n) is 8.03.